The summed E-state index contributed by atoms with van der Waals surface area (Å²) in [6.07, 6.45) is 2.67. The largest absolute Gasteiger partial charge is 0.382 e. The van der Waals surface area contributed by atoms with Gasteiger partial charge >= 0.3 is 0 Å². The fourth-order valence-electron chi connectivity index (χ4n) is 2.74. The molecule has 0 saturated carbocycles. The molecular formula is C16H23N3O2. The van der Waals surface area contributed by atoms with Gasteiger partial charge in [0.1, 0.15) is 0 Å². The summed E-state index contributed by atoms with van der Waals surface area (Å²) in [6, 6.07) is 8.24. The van der Waals surface area contributed by atoms with Gasteiger partial charge in [-0.1, -0.05) is 18.2 Å². The molecule has 114 valence electrons. The molecule has 0 spiro atoms. The molecule has 2 atom stereocenters. The predicted molar refractivity (Wildman–Crippen MR) is 82.9 cm³/mol. The number of carbonyl (C=O) groups is 2. The van der Waals surface area contributed by atoms with E-state index in [1.54, 1.807) is 0 Å². The standard InChI is InChI=1S/C16H23N3O2/c1-11-10-13(12-6-2-3-7-14(12)19-11)16(21)18-9-5-4-8-15(17)20/h2-3,6-7,11,13,19H,4-5,8-10H2,1H3,(H2,17,20)(H,18,21). The summed E-state index contributed by atoms with van der Waals surface area (Å²) >= 11 is 0. The van der Waals surface area contributed by atoms with E-state index in [0.29, 0.717) is 13.0 Å². The number of amides is 2. The third-order valence-corrected chi connectivity index (χ3v) is 3.79. The monoisotopic (exact) mass is 289 g/mol. The van der Waals surface area contributed by atoms with Crippen LogP contribution in [0.2, 0.25) is 0 Å². The van der Waals surface area contributed by atoms with Crippen molar-refractivity contribution in [3.8, 4) is 0 Å². The average Bonchev–Trinajstić information content (AvgIpc) is 2.45. The molecule has 0 fully saturated rings. The molecule has 0 radical (unpaired) electrons. The zero-order valence-corrected chi connectivity index (χ0v) is 12.4. The maximum absolute atomic E-state index is 12.4. The van der Waals surface area contributed by atoms with Crippen molar-refractivity contribution in [2.45, 2.75) is 44.6 Å². The van der Waals surface area contributed by atoms with E-state index in [2.05, 4.69) is 17.6 Å². The Morgan fingerprint density at radius 2 is 2.10 bits per heavy atom. The second-order valence-electron chi connectivity index (χ2n) is 5.64. The number of fused-ring (bicyclic) bond motifs is 1. The molecule has 0 saturated heterocycles. The van der Waals surface area contributed by atoms with Crippen molar-refractivity contribution in [3.05, 3.63) is 29.8 Å². The Balaban J connectivity index is 1.89. The topological polar surface area (TPSA) is 84.2 Å². The number of benzene rings is 1. The highest BCUT2D eigenvalue weighted by atomic mass is 16.2. The van der Waals surface area contributed by atoms with Gasteiger partial charge in [-0.2, -0.15) is 0 Å². The van der Waals surface area contributed by atoms with Gasteiger partial charge in [0.05, 0.1) is 5.92 Å². The van der Waals surface area contributed by atoms with Crippen molar-refractivity contribution in [2.75, 3.05) is 11.9 Å². The van der Waals surface area contributed by atoms with Gasteiger partial charge in [0.25, 0.3) is 0 Å². The first-order valence-corrected chi connectivity index (χ1v) is 7.49. The lowest BCUT2D eigenvalue weighted by molar-refractivity contribution is -0.122. The fraction of sp³-hybridized carbons (Fsp3) is 0.500. The van der Waals surface area contributed by atoms with E-state index in [-0.39, 0.29) is 23.8 Å². The number of hydrogen-bond donors (Lipinski definition) is 3. The van der Waals surface area contributed by atoms with Gasteiger partial charge in [0.15, 0.2) is 0 Å². The molecule has 1 aliphatic heterocycles. The maximum atomic E-state index is 12.4. The third-order valence-electron chi connectivity index (χ3n) is 3.79. The Morgan fingerprint density at radius 3 is 2.86 bits per heavy atom. The lowest BCUT2D eigenvalue weighted by Crippen LogP contribution is -2.36. The van der Waals surface area contributed by atoms with Crippen LogP contribution in [0, 0.1) is 0 Å². The number of unbranched alkanes of at least 4 members (excludes halogenated alkanes) is 1. The normalized spacial score (nSPS) is 20.2. The van der Waals surface area contributed by atoms with Crippen LogP contribution >= 0.6 is 0 Å². The summed E-state index contributed by atoms with van der Waals surface area (Å²) in [5, 5.41) is 6.37. The number of para-hydroxylation sites is 1. The maximum Gasteiger partial charge on any atom is 0.227 e. The highest BCUT2D eigenvalue weighted by molar-refractivity contribution is 5.86. The highest BCUT2D eigenvalue weighted by Gasteiger charge is 2.29. The molecule has 5 heteroatoms. The van der Waals surface area contributed by atoms with Gasteiger partial charge in [-0.3, -0.25) is 9.59 Å². The molecule has 21 heavy (non-hydrogen) atoms. The summed E-state index contributed by atoms with van der Waals surface area (Å²) < 4.78 is 0. The van der Waals surface area contributed by atoms with E-state index >= 15 is 0 Å². The molecule has 1 aromatic rings. The van der Waals surface area contributed by atoms with Crippen molar-refractivity contribution in [2.24, 2.45) is 5.73 Å². The lowest BCUT2D eigenvalue weighted by Gasteiger charge is -2.30. The SMILES string of the molecule is CC1CC(C(=O)NCCCCC(N)=O)c2ccccc2N1. The molecule has 0 bridgehead atoms. The molecule has 1 aromatic carbocycles. The van der Waals surface area contributed by atoms with Crippen molar-refractivity contribution in [1.29, 1.82) is 0 Å². The Morgan fingerprint density at radius 1 is 1.33 bits per heavy atom. The van der Waals surface area contributed by atoms with Gasteiger partial charge in [-0.05, 0) is 37.8 Å². The van der Waals surface area contributed by atoms with Crippen LogP contribution in [0.5, 0.6) is 0 Å². The number of nitrogens with one attached hydrogen (secondary N) is 2. The summed E-state index contributed by atoms with van der Waals surface area (Å²) in [6.45, 7) is 2.68. The number of carbonyl (C=O) groups excluding carboxylic acids is 2. The Kier molecular flexibility index (Phi) is 5.20. The van der Waals surface area contributed by atoms with Gasteiger partial charge in [-0.25, -0.2) is 0 Å². The molecular weight excluding hydrogens is 266 g/mol. The van der Waals surface area contributed by atoms with Crippen molar-refractivity contribution >= 4 is 17.5 Å². The van der Waals surface area contributed by atoms with Gasteiger partial charge in [0.2, 0.25) is 11.8 Å². The predicted octanol–water partition coefficient (Wildman–Crippen LogP) is 1.75. The molecule has 2 amide bonds. The Labute approximate surface area is 125 Å². The molecule has 0 aliphatic carbocycles. The van der Waals surface area contributed by atoms with E-state index in [1.807, 2.05) is 24.3 Å². The van der Waals surface area contributed by atoms with Crippen molar-refractivity contribution < 1.29 is 9.59 Å². The number of hydrogen-bond acceptors (Lipinski definition) is 3. The quantitative estimate of drug-likeness (QED) is 0.697. The zero-order chi connectivity index (χ0) is 15.2. The summed E-state index contributed by atoms with van der Waals surface area (Å²) in [7, 11) is 0. The molecule has 1 heterocycles. The molecule has 2 rings (SSSR count). The van der Waals surface area contributed by atoms with E-state index in [1.165, 1.54) is 0 Å². The van der Waals surface area contributed by atoms with Crippen molar-refractivity contribution in [1.82, 2.24) is 5.32 Å². The molecule has 2 unspecified atom stereocenters. The van der Waals surface area contributed by atoms with E-state index < -0.39 is 0 Å². The Hall–Kier alpha value is -2.04. The lowest BCUT2D eigenvalue weighted by atomic mass is 9.87. The van der Waals surface area contributed by atoms with E-state index in [0.717, 1.165) is 30.5 Å². The summed E-state index contributed by atoms with van der Waals surface area (Å²) in [4.78, 5) is 23.0. The minimum Gasteiger partial charge on any atom is -0.382 e. The summed E-state index contributed by atoms with van der Waals surface area (Å²) in [5.41, 5.74) is 7.19. The van der Waals surface area contributed by atoms with Crippen molar-refractivity contribution in [3.63, 3.8) is 0 Å². The van der Waals surface area contributed by atoms with Crippen LogP contribution in [0.1, 0.15) is 44.1 Å². The first kappa shape index (κ1) is 15.4. The van der Waals surface area contributed by atoms with Crippen LogP contribution in [0.15, 0.2) is 24.3 Å². The second-order valence-corrected chi connectivity index (χ2v) is 5.64. The van der Waals surface area contributed by atoms with Crippen LogP contribution in [0.25, 0.3) is 0 Å². The number of primary amides is 1. The smallest absolute Gasteiger partial charge is 0.227 e. The second kappa shape index (κ2) is 7.11. The minimum atomic E-state index is -0.289. The molecule has 5 nitrogen and oxygen atoms in total. The zero-order valence-electron chi connectivity index (χ0n) is 12.4. The van der Waals surface area contributed by atoms with Gasteiger partial charge in [0, 0.05) is 24.7 Å². The fourth-order valence-corrected chi connectivity index (χ4v) is 2.74. The molecule has 4 N–H and O–H groups in total. The average molecular weight is 289 g/mol. The van der Waals surface area contributed by atoms with Crippen LogP contribution in [-0.4, -0.2) is 24.4 Å². The third kappa shape index (κ3) is 4.21. The number of rotatable bonds is 6. The first-order valence-electron chi connectivity index (χ1n) is 7.49. The Bertz CT molecular complexity index is 516. The molecule has 0 aromatic heterocycles. The highest BCUT2D eigenvalue weighted by Crippen LogP contribution is 2.34. The number of nitrogens with two attached hydrogens (primary N) is 1. The number of anilines is 1. The first-order chi connectivity index (χ1) is 10.1. The molecule has 1 aliphatic rings. The van der Waals surface area contributed by atoms with Crippen LogP contribution in [-0.2, 0) is 9.59 Å². The van der Waals surface area contributed by atoms with Gasteiger partial charge in [-0.15, -0.1) is 0 Å². The van der Waals surface area contributed by atoms with Gasteiger partial charge < -0.3 is 16.4 Å². The van der Waals surface area contributed by atoms with E-state index in [9.17, 15) is 9.59 Å². The summed E-state index contributed by atoms with van der Waals surface area (Å²) in [5.74, 6) is -0.328. The van der Waals surface area contributed by atoms with Crippen LogP contribution in [0.4, 0.5) is 5.69 Å². The minimum absolute atomic E-state index is 0.0647. The van der Waals surface area contributed by atoms with E-state index in [4.69, 9.17) is 5.73 Å². The van der Waals surface area contributed by atoms with Crippen LogP contribution in [0.3, 0.4) is 0 Å². The van der Waals surface area contributed by atoms with Crippen LogP contribution < -0.4 is 16.4 Å².